The molecule has 0 radical (unpaired) electrons. The van der Waals surface area contributed by atoms with Gasteiger partial charge in [-0.2, -0.15) is 0 Å². The first kappa shape index (κ1) is 17.8. The van der Waals surface area contributed by atoms with Gasteiger partial charge < -0.3 is 10.2 Å². The predicted octanol–water partition coefficient (Wildman–Crippen LogP) is 3.94. The smallest absolute Gasteiger partial charge is 0.214 e. The maximum atomic E-state index is 13.5. The number of fused-ring (bicyclic) bond motifs is 1. The fourth-order valence-electron chi connectivity index (χ4n) is 2.63. The van der Waals surface area contributed by atoms with Crippen LogP contribution in [0.25, 0.3) is 4.96 Å². The molecule has 0 amide bonds. The van der Waals surface area contributed by atoms with Gasteiger partial charge >= 0.3 is 0 Å². The van der Waals surface area contributed by atoms with Crippen molar-refractivity contribution in [2.45, 2.75) is 32.2 Å². The molecule has 0 aliphatic heterocycles. The molecule has 3 aromatic rings. The third-order valence-electron chi connectivity index (χ3n) is 4.12. The van der Waals surface area contributed by atoms with Gasteiger partial charge in [0, 0.05) is 12.0 Å². The normalized spacial score (nSPS) is 13.6. The lowest BCUT2D eigenvalue weighted by atomic mass is 9.93. The Labute approximate surface area is 151 Å². The van der Waals surface area contributed by atoms with E-state index in [1.54, 1.807) is 12.1 Å². The molecular weight excluding hydrogens is 337 g/mol. The molecule has 0 fully saturated rings. The maximum absolute atomic E-state index is 13.5. The van der Waals surface area contributed by atoms with E-state index in [9.17, 15) is 4.39 Å². The summed E-state index contributed by atoms with van der Waals surface area (Å²) in [5.74, 6) is -0.216. The first-order valence-electron chi connectivity index (χ1n) is 8.26. The highest BCUT2D eigenvalue weighted by molar-refractivity contribution is 7.20. The summed E-state index contributed by atoms with van der Waals surface area (Å²) < 4.78 is 15.3. The van der Waals surface area contributed by atoms with Crippen LogP contribution in [0.4, 0.5) is 9.52 Å². The SMILES string of the molecule is CN(C)C(CNc1nn2cc(C(C)(C)C)nc2s1)c1cccc(F)c1. The second kappa shape index (κ2) is 6.72. The molecule has 134 valence electrons. The second-order valence-electron chi connectivity index (χ2n) is 7.43. The van der Waals surface area contributed by atoms with E-state index in [0.29, 0.717) is 6.54 Å². The number of imidazole rings is 1. The molecule has 0 saturated carbocycles. The van der Waals surface area contributed by atoms with Crippen molar-refractivity contribution in [2.75, 3.05) is 26.0 Å². The standard InChI is InChI=1S/C18H24FN5S/c1-18(2,3)15-11-24-17(21-15)25-16(22-24)20-10-14(23(4)5)12-7-6-8-13(19)9-12/h6-9,11,14H,10H2,1-5H3,(H,20,22). The molecule has 2 aromatic heterocycles. The van der Waals surface area contributed by atoms with Crippen LogP contribution >= 0.6 is 11.3 Å². The highest BCUT2D eigenvalue weighted by Gasteiger charge is 2.20. The summed E-state index contributed by atoms with van der Waals surface area (Å²) in [5.41, 5.74) is 1.98. The molecule has 0 aliphatic rings. The molecule has 0 aliphatic carbocycles. The maximum Gasteiger partial charge on any atom is 0.214 e. The monoisotopic (exact) mass is 361 g/mol. The third kappa shape index (κ3) is 3.99. The zero-order valence-electron chi connectivity index (χ0n) is 15.2. The minimum absolute atomic E-state index is 0.00835. The van der Waals surface area contributed by atoms with Gasteiger partial charge in [0.15, 0.2) is 0 Å². The molecule has 1 N–H and O–H groups in total. The second-order valence-corrected chi connectivity index (χ2v) is 8.38. The summed E-state index contributed by atoms with van der Waals surface area (Å²) in [7, 11) is 3.98. The number of benzene rings is 1. The van der Waals surface area contributed by atoms with Crippen LogP contribution in [0.5, 0.6) is 0 Å². The summed E-state index contributed by atoms with van der Waals surface area (Å²) >= 11 is 1.52. The Morgan fingerprint density at radius 1 is 1.32 bits per heavy atom. The van der Waals surface area contributed by atoms with Gasteiger partial charge in [-0.05, 0) is 31.8 Å². The topological polar surface area (TPSA) is 45.5 Å². The molecule has 1 aromatic carbocycles. The molecule has 1 atom stereocenters. The van der Waals surface area contributed by atoms with Gasteiger partial charge in [-0.1, -0.05) is 44.2 Å². The van der Waals surface area contributed by atoms with Crippen molar-refractivity contribution in [2.24, 2.45) is 0 Å². The van der Waals surface area contributed by atoms with Crippen LogP contribution in [0, 0.1) is 5.82 Å². The lowest BCUT2D eigenvalue weighted by Crippen LogP contribution is -2.27. The molecule has 5 nitrogen and oxygen atoms in total. The number of nitrogens with one attached hydrogen (secondary N) is 1. The summed E-state index contributed by atoms with van der Waals surface area (Å²) in [4.78, 5) is 7.60. The van der Waals surface area contributed by atoms with Crippen LogP contribution in [0.3, 0.4) is 0 Å². The number of rotatable bonds is 5. The number of hydrogen-bond donors (Lipinski definition) is 1. The van der Waals surface area contributed by atoms with Crippen molar-refractivity contribution in [1.29, 1.82) is 0 Å². The summed E-state index contributed by atoms with van der Waals surface area (Å²) in [6.07, 6.45) is 1.98. The zero-order valence-corrected chi connectivity index (χ0v) is 16.1. The van der Waals surface area contributed by atoms with Crippen molar-refractivity contribution in [1.82, 2.24) is 19.5 Å². The Kier molecular flexibility index (Phi) is 4.79. The van der Waals surface area contributed by atoms with Crippen molar-refractivity contribution in [3.8, 4) is 0 Å². The van der Waals surface area contributed by atoms with Crippen LogP contribution in [0.2, 0.25) is 0 Å². The number of likely N-dealkylation sites (N-methyl/N-ethyl adjacent to an activating group) is 1. The average molecular weight is 361 g/mol. The Bertz CT molecular complexity index is 830. The minimum Gasteiger partial charge on any atom is -0.358 e. The first-order chi connectivity index (χ1) is 11.7. The molecule has 7 heteroatoms. The summed E-state index contributed by atoms with van der Waals surface area (Å²) in [6, 6.07) is 6.78. The van der Waals surface area contributed by atoms with Crippen LogP contribution in [-0.4, -0.2) is 40.1 Å². The van der Waals surface area contributed by atoms with Gasteiger partial charge in [-0.3, -0.25) is 0 Å². The molecule has 2 heterocycles. The fraction of sp³-hybridized carbons (Fsp3) is 0.444. The lowest BCUT2D eigenvalue weighted by Gasteiger charge is -2.25. The zero-order chi connectivity index (χ0) is 18.2. The highest BCUT2D eigenvalue weighted by Crippen LogP contribution is 2.26. The predicted molar refractivity (Wildman–Crippen MR) is 101 cm³/mol. The van der Waals surface area contributed by atoms with E-state index in [2.05, 4.69) is 41.1 Å². The Morgan fingerprint density at radius 3 is 2.68 bits per heavy atom. The Hall–Kier alpha value is -1.99. The summed E-state index contributed by atoms with van der Waals surface area (Å²) in [5, 5.41) is 8.73. The number of hydrogen-bond acceptors (Lipinski definition) is 5. The van der Waals surface area contributed by atoms with Crippen LogP contribution < -0.4 is 5.32 Å². The molecule has 1 unspecified atom stereocenters. The molecule has 3 rings (SSSR count). The van der Waals surface area contributed by atoms with Gasteiger partial charge in [-0.15, -0.1) is 5.10 Å². The van der Waals surface area contributed by atoms with Gasteiger partial charge in [0.1, 0.15) is 5.82 Å². The van der Waals surface area contributed by atoms with E-state index in [4.69, 9.17) is 0 Å². The quantitative estimate of drug-likeness (QED) is 0.748. The lowest BCUT2D eigenvalue weighted by molar-refractivity contribution is 0.311. The van der Waals surface area contributed by atoms with Crippen LogP contribution in [0.1, 0.15) is 38.1 Å². The van der Waals surface area contributed by atoms with Crippen molar-refractivity contribution in [3.63, 3.8) is 0 Å². The van der Waals surface area contributed by atoms with Crippen LogP contribution in [-0.2, 0) is 5.41 Å². The van der Waals surface area contributed by atoms with Crippen molar-refractivity contribution >= 4 is 21.4 Å². The van der Waals surface area contributed by atoms with E-state index in [0.717, 1.165) is 21.3 Å². The van der Waals surface area contributed by atoms with Gasteiger partial charge in [0.2, 0.25) is 10.1 Å². The molecular formula is C18H24FN5S. The molecule has 25 heavy (non-hydrogen) atoms. The van der Waals surface area contributed by atoms with Crippen molar-refractivity contribution in [3.05, 3.63) is 47.5 Å². The van der Waals surface area contributed by atoms with E-state index >= 15 is 0 Å². The number of halogens is 1. The van der Waals surface area contributed by atoms with E-state index in [1.807, 2.05) is 30.9 Å². The van der Waals surface area contributed by atoms with E-state index in [1.165, 1.54) is 17.4 Å². The molecule has 0 saturated heterocycles. The minimum atomic E-state index is -0.216. The van der Waals surface area contributed by atoms with E-state index < -0.39 is 0 Å². The van der Waals surface area contributed by atoms with Gasteiger partial charge in [0.05, 0.1) is 17.9 Å². The summed E-state index contributed by atoms with van der Waals surface area (Å²) in [6.45, 7) is 7.05. The largest absolute Gasteiger partial charge is 0.358 e. The van der Waals surface area contributed by atoms with Gasteiger partial charge in [-0.25, -0.2) is 13.9 Å². The van der Waals surface area contributed by atoms with Gasteiger partial charge in [0.25, 0.3) is 0 Å². The highest BCUT2D eigenvalue weighted by atomic mass is 32.1. The van der Waals surface area contributed by atoms with Crippen LogP contribution in [0.15, 0.2) is 30.5 Å². The molecule has 0 bridgehead atoms. The Balaban J connectivity index is 1.75. The number of aromatic nitrogens is 3. The number of nitrogens with zero attached hydrogens (tertiary/aromatic N) is 4. The fourth-order valence-corrected chi connectivity index (χ4v) is 3.42. The Morgan fingerprint density at radius 2 is 2.08 bits per heavy atom. The molecule has 0 spiro atoms. The first-order valence-corrected chi connectivity index (χ1v) is 9.08. The van der Waals surface area contributed by atoms with Crippen molar-refractivity contribution < 1.29 is 4.39 Å². The van der Waals surface area contributed by atoms with E-state index in [-0.39, 0.29) is 17.3 Å². The average Bonchev–Trinajstić information content (AvgIpc) is 3.05. The number of anilines is 1. The third-order valence-corrected chi connectivity index (χ3v) is 5.00.